The van der Waals surface area contributed by atoms with Gasteiger partial charge in [0.15, 0.2) is 5.75 Å². The largest absolute Gasteiger partial charge is 0.493 e. The SMILES string of the molecule is COc1c(Cl)cc(Cl)cc1N(C)CBr. The Morgan fingerprint density at radius 3 is 2.57 bits per heavy atom. The van der Waals surface area contributed by atoms with Crippen molar-refractivity contribution >= 4 is 44.8 Å². The number of nitrogens with zero attached hydrogens (tertiary/aromatic N) is 1. The molecular weight excluding hydrogens is 289 g/mol. The third-order valence-corrected chi connectivity index (χ3v) is 3.03. The number of methoxy groups -OCH3 is 1. The summed E-state index contributed by atoms with van der Waals surface area (Å²) in [5, 5.41) is 1.11. The van der Waals surface area contributed by atoms with Crippen LogP contribution in [0.4, 0.5) is 5.69 Å². The molecule has 0 aromatic heterocycles. The van der Waals surface area contributed by atoms with Crippen molar-refractivity contribution in [2.75, 3.05) is 24.5 Å². The van der Waals surface area contributed by atoms with E-state index in [-0.39, 0.29) is 0 Å². The molecule has 0 saturated heterocycles. The third kappa shape index (κ3) is 2.47. The van der Waals surface area contributed by atoms with Gasteiger partial charge in [-0.3, -0.25) is 0 Å². The molecule has 0 amide bonds. The van der Waals surface area contributed by atoms with Gasteiger partial charge in [-0.2, -0.15) is 0 Å². The molecule has 0 atom stereocenters. The van der Waals surface area contributed by atoms with Crippen LogP contribution in [0.25, 0.3) is 0 Å². The van der Waals surface area contributed by atoms with E-state index in [9.17, 15) is 0 Å². The van der Waals surface area contributed by atoms with Crippen LogP contribution in [0.1, 0.15) is 0 Å². The molecule has 0 aliphatic heterocycles. The van der Waals surface area contributed by atoms with E-state index in [0.717, 1.165) is 5.69 Å². The van der Waals surface area contributed by atoms with E-state index in [1.54, 1.807) is 13.2 Å². The number of halogens is 3. The number of alkyl halides is 1. The van der Waals surface area contributed by atoms with Crippen LogP contribution >= 0.6 is 39.1 Å². The Hall–Kier alpha value is -0.120. The molecule has 1 rings (SSSR count). The topological polar surface area (TPSA) is 12.5 Å². The average molecular weight is 299 g/mol. The van der Waals surface area contributed by atoms with Crippen molar-refractivity contribution in [3.8, 4) is 5.75 Å². The van der Waals surface area contributed by atoms with Gasteiger partial charge in [-0.1, -0.05) is 39.1 Å². The first-order valence-corrected chi connectivity index (χ1v) is 5.78. The predicted octanol–water partition coefficient (Wildman–Crippen LogP) is 3.79. The van der Waals surface area contributed by atoms with Gasteiger partial charge in [-0.05, 0) is 12.1 Å². The lowest BCUT2D eigenvalue weighted by atomic mass is 10.3. The van der Waals surface area contributed by atoms with Crippen molar-refractivity contribution < 1.29 is 4.74 Å². The predicted molar refractivity (Wildman–Crippen MR) is 65.2 cm³/mol. The minimum atomic E-state index is 0.516. The second kappa shape index (κ2) is 5.10. The molecule has 2 nitrogen and oxygen atoms in total. The van der Waals surface area contributed by atoms with E-state index in [1.165, 1.54) is 0 Å². The number of hydrogen-bond acceptors (Lipinski definition) is 2. The summed E-state index contributed by atoms with van der Waals surface area (Å²) < 4.78 is 5.20. The fraction of sp³-hybridized carbons (Fsp3) is 0.333. The highest BCUT2D eigenvalue weighted by molar-refractivity contribution is 9.09. The van der Waals surface area contributed by atoms with Crippen LogP contribution < -0.4 is 9.64 Å². The molecule has 78 valence electrons. The lowest BCUT2D eigenvalue weighted by Crippen LogP contribution is -2.14. The van der Waals surface area contributed by atoms with Crippen LogP contribution in [0.3, 0.4) is 0 Å². The molecule has 14 heavy (non-hydrogen) atoms. The molecule has 0 spiro atoms. The van der Waals surface area contributed by atoms with Gasteiger partial charge in [-0.25, -0.2) is 0 Å². The van der Waals surface area contributed by atoms with Gasteiger partial charge in [0.05, 0.1) is 23.3 Å². The molecule has 0 aliphatic carbocycles. The molecule has 0 N–H and O–H groups in total. The zero-order valence-electron chi connectivity index (χ0n) is 7.85. The summed E-state index contributed by atoms with van der Waals surface area (Å²) in [6.45, 7) is 0. The van der Waals surface area contributed by atoms with Gasteiger partial charge >= 0.3 is 0 Å². The van der Waals surface area contributed by atoms with Crippen molar-refractivity contribution in [1.29, 1.82) is 0 Å². The first-order valence-electron chi connectivity index (χ1n) is 3.90. The monoisotopic (exact) mass is 297 g/mol. The van der Waals surface area contributed by atoms with E-state index in [4.69, 9.17) is 27.9 Å². The summed E-state index contributed by atoms with van der Waals surface area (Å²) in [5.41, 5.74) is 1.54. The first kappa shape index (κ1) is 12.0. The highest BCUT2D eigenvalue weighted by atomic mass is 79.9. The third-order valence-electron chi connectivity index (χ3n) is 1.78. The van der Waals surface area contributed by atoms with Crippen molar-refractivity contribution in [1.82, 2.24) is 0 Å². The van der Waals surface area contributed by atoms with Gasteiger partial charge in [0.1, 0.15) is 0 Å². The minimum Gasteiger partial charge on any atom is -0.493 e. The van der Waals surface area contributed by atoms with Gasteiger partial charge in [-0.15, -0.1) is 0 Å². The maximum Gasteiger partial charge on any atom is 0.160 e. The van der Waals surface area contributed by atoms with Crippen LogP contribution in [0.15, 0.2) is 12.1 Å². The first-order chi connectivity index (χ1) is 6.60. The summed E-state index contributed by atoms with van der Waals surface area (Å²) in [5.74, 6) is 0.637. The quantitative estimate of drug-likeness (QED) is 0.622. The number of ether oxygens (including phenoxy) is 1. The number of rotatable bonds is 3. The Bertz CT molecular complexity index is 333. The lowest BCUT2D eigenvalue weighted by molar-refractivity contribution is 0.415. The highest BCUT2D eigenvalue weighted by Gasteiger charge is 2.12. The van der Waals surface area contributed by atoms with Crippen LogP contribution in [-0.2, 0) is 0 Å². The molecular formula is C9H10BrCl2NO. The molecule has 0 saturated carbocycles. The van der Waals surface area contributed by atoms with Crippen molar-refractivity contribution in [2.45, 2.75) is 0 Å². The van der Waals surface area contributed by atoms with Crippen LogP contribution in [0.2, 0.25) is 10.0 Å². The smallest absolute Gasteiger partial charge is 0.160 e. The molecule has 0 aliphatic rings. The molecule has 0 radical (unpaired) electrons. The molecule has 1 aromatic rings. The van der Waals surface area contributed by atoms with Crippen LogP contribution in [0.5, 0.6) is 5.75 Å². The Balaban J connectivity index is 3.24. The number of hydrogen-bond donors (Lipinski definition) is 0. The van der Waals surface area contributed by atoms with E-state index in [0.29, 0.717) is 21.2 Å². The van der Waals surface area contributed by atoms with E-state index in [2.05, 4.69) is 15.9 Å². The van der Waals surface area contributed by atoms with E-state index in [1.807, 2.05) is 18.0 Å². The Labute approximate surface area is 102 Å². The van der Waals surface area contributed by atoms with Gasteiger partial charge in [0.25, 0.3) is 0 Å². The molecule has 0 heterocycles. The van der Waals surface area contributed by atoms with E-state index >= 15 is 0 Å². The van der Waals surface area contributed by atoms with Gasteiger partial charge in [0.2, 0.25) is 0 Å². The lowest BCUT2D eigenvalue weighted by Gasteiger charge is -2.20. The summed E-state index contributed by atoms with van der Waals surface area (Å²) in [6, 6.07) is 3.47. The average Bonchev–Trinajstić information content (AvgIpc) is 2.15. The second-order valence-electron chi connectivity index (χ2n) is 2.76. The molecule has 0 unspecified atom stereocenters. The van der Waals surface area contributed by atoms with Gasteiger partial charge < -0.3 is 9.64 Å². The fourth-order valence-corrected chi connectivity index (χ4v) is 1.93. The Morgan fingerprint density at radius 1 is 1.43 bits per heavy atom. The zero-order chi connectivity index (χ0) is 10.7. The normalized spacial score (nSPS) is 10.1. The fourth-order valence-electron chi connectivity index (χ4n) is 1.10. The second-order valence-corrected chi connectivity index (χ2v) is 4.10. The Kier molecular flexibility index (Phi) is 4.35. The molecule has 5 heteroatoms. The highest BCUT2D eigenvalue weighted by Crippen LogP contribution is 2.37. The van der Waals surface area contributed by atoms with Crippen molar-refractivity contribution in [2.24, 2.45) is 0 Å². The number of benzene rings is 1. The maximum atomic E-state index is 5.98. The summed E-state index contributed by atoms with van der Waals surface area (Å²) >= 11 is 15.2. The minimum absolute atomic E-state index is 0.516. The number of anilines is 1. The zero-order valence-corrected chi connectivity index (χ0v) is 10.9. The van der Waals surface area contributed by atoms with E-state index < -0.39 is 0 Å². The molecule has 1 aromatic carbocycles. The van der Waals surface area contributed by atoms with Gasteiger partial charge in [0, 0.05) is 12.1 Å². The van der Waals surface area contributed by atoms with Crippen molar-refractivity contribution in [3.63, 3.8) is 0 Å². The summed E-state index contributed by atoms with van der Waals surface area (Å²) in [7, 11) is 3.50. The maximum absolute atomic E-state index is 5.98. The van der Waals surface area contributed by atoms with Crippen LogP contribution in [-0.4, -0.2) is 19.6 Å². The van der Waals surface area contributed by atoms with Crippen LogP contribution in [0, 0.1) is 0 Å². The Morgan fingerprint density at radius 2 is 2.07 bits per heavy atom. The van der Waals surface area contributed by atoms with Crippen molar-refractivity contribution in [3.05, 3.63) is 22.2 Å². The summed E-state index contributed by atoms with van der Waals surface area (Å²) in [4.78, 5) is 1.94. The molecule has 0 fully saturated rings. The standard InChI is InChI=1S/C9H10BrCl2NO/c1-13(5-10)8-4-6(11)3-7(12)9(8)14-2/h3-4H,5H2,1-2H3. The molecule has 0 bridgehead atoms. The summed E-state index contributed by atoms with van der Waals surface area (Å²) in [6.07, 6.45) is 0.